The van der Waals surface area contributed by atoms with Gasteiger partial charge in [-0.2, -0.15) is 0 Å². The van der Waals surface area contributed by atoms with Gasteiger partial charge < -0.3 is 15.0 Å². The molecule has 2 aromatic carbocycles. The third-order valence-corrected chi connectivity index (χ3v) is 4.92. The van der Waals surface area contributed by atoms with Crippen LogP contribution in [-0.2, 0) is 6.54 Å². The highest BCUT2D eigenvalue weighted by Gasteiger charge is 2.18. The first-order chi connectivity index (χ1) is 12.6. The lowest BCUT2D eigenvalue weighted by Gasteiger charge is -2.29. The Kier molecular flexibility index (Phi) is 6.29. The Morgan fingerprint density at radius 1 is 1.19 bits per heavy atom. The zero-order chi connectivity index (χ0) is 18.4. The molecule has 0 saturated carbocycles. The predicted molar refractivity (Wildman–Crippen MR) is 105 cm³/mol. The van der Waals surface area contributed by atoms with Crippen molar-refractivity contribution < 1.29 is 9.53 Å². The van der Waals surface area contributed by atoms with Crippen molar-refractivity contribution >= 4 is 5.91 Å². The molecule has 0 aliphatic carbocycles. The van der Waals surface area contributed by atoms with Gasteiger partial charge in [0.2, 0.25) is 0 Å². The maximum Gasteiger partial charge on any atom is 0.251 e. The fraction of sp³-hybridized carbons (Fsp3) is 0.409. The summed E-state index contributed by atoms with van der Waals surface area (Å²) in [7, 11) is 2.17. The van der Waals surface area contributed by atoms with Crippen LogP contribution in [0, 0.1) is 12.8 Å². The summed E-state index contributed by atoms with van der Waals surface area (Å²) >= 11 is 0. The molecule has 1 N–H and O–H groups in total. The van der Waals surface area contributed by atoms with Gasteiger partial charge in [-0.05, 0) is 51.6 Å². The molecule has 4 heteroatoms. The van der Waals surface area contributed by atoms with Gasteiger partial charge in [-0.15, -0.1) is 0 Å². The molecule has 2 aromatic rings. The number of piperidine rings is 1. The molecule has 1 aliphatic heterocycles. The lowest BCUT2D eigenvalue weighted by molar-refractivity contribution is 0.0950. The predicted octanol–water partition coefficient (Wildman–Crippen LogP) is 3.65. The van der Waals surface area contributed by atoms with Crippen LogP contribution in [0.1, 0.15) is 34.3 Å². The summed E-state index contributed by atoms with van der Waals surface area (Å²) in [4.78, 5) is 14.7. The fourth-order valence-corrected chi connectivity index (χ4v) is 3.39. The van der Waals surface area contributed by atoms with E-state index in [0.717, 1.165) is 30.0 Å². The number of amides is 1. The van der Waals surface area contributed by atoms with Gasteiger partial charge in [0, 0.05) is 30.1 Å². The summed E-state index contributed by atoms with van der Waals surface area (Å²) in [5, 5.41) is 2.99. The zero-order valence-corrected chi connectivity index (χ0v) is 15.7. The van der Waals surface area contributed by atoms with E-state index >= 15 is 0 Å². The zero-order valence-electron chi connectivity index (χ0n) is 15.7. The SMILES string of the molecule is Cc1ccc(C(=O)NCc2ccccc2OCC2CCCN(C)C2)cc1. The van der Waals surface area contributed by atoms with Gasteiger partial charge in [-0.1, -0.05) is 35.9 Å². The highest BCUT2D eigenvalue weighted by molar-refractivity contribution is 5.94. The number of nitrogens with zero attached hydrogens (tertiary/aromatic N) is 1. The molecule has 4 nitrogen and oxygen atoms in total. The van der Waals surface area contributed by atoms with Gasteiger partial charge in [-0.25, -0.2) is 0 Å². The number of rotatable bonds is 6. The van der Waals surface area contributed by atoms with E-state index in [2.05, 4.69) is 17.3 Å². The first-order valence-corrected chi connectivity index (χ1v) is 9.36. The second-order valence-corrected chi connectivity index (χ2v) is 7.24. The Morgan fingerprint density at radius 3 is 2.73 bits per heavy atom. The number of ether oxygens (including phenoxy) is 1. The maximum atomic E-state index is 12.3. The van der Waals surface area contributed by atoms with E-state index in [0.29, 0.717) is 18.0 Å². The molecule has 3 rings (SSSR count). The van der Waals surface area contributed by atoms with Gasteiger partial charge in [-0.3, -0.25) is 4.79 Å². The van der Waals surface area contributed by atoms with Gasteiger partial charge >= 0.3 is 0 Å². The molecule has 1 aliphatic rings. The highest BCUT2D eigenvalue weighted by Crippen LogP contribution is 2.21. The number of likely N-dealkylation sites (tertiary alicyclic amines) is 1. The van der Waals surface area contributed by atoms with Crippen molar-refractivity contribution in [2.24, 2.45) is 5.92 Å². The van der Waals surface area contributed by atoms with Crippen molar-refractivity contribution in [1.29, 1.82) is 0 Å². The summed E-state index contributed by atoms with van der Waals surface area (Å²) in [6.07, 6.45) is 2.45. The fourth-order valence-electron chi connectivity index (χ4n) is 3.39. The summed E-state index contributed by atoms with van der Waals surface area (Å²) in [6, 6.07) is 15.6. The van der Waals surface area contributed by atoms with Crippen molar-refractivity contribution in [2.45, 2.75) is 26.3 Å². The van der Waals surface area contributed by atoms with E-state index in [4.69, 9.17) is 4.74 Å². The number of benzene rings is 2. The van der Waals surface area contributed by atoms with Crippen molar-refractivity contribution in [1.82, 2.24) is 10.2 Å². The first kappa shape index (κ1) is 18.5. The van der Waals surface area contributed by atoms with Gasteiger partial charge in [0.05, 0.1) is 6.61 Å². The molecule has 1 atom stereocenters. The first-order valence-electron chi connectivity index (χ1n) is 9.36. The lowest BCUT2D eigenvalue weighted by atomic mass is 9.99. The maximum absolute atomic E-state index is 12.3. The minimum Gasteiger partial charge on any atom is -0.493 e. The summed E-state index contributed by atoms with van der Waals surface area (Å²) < 4.78 is 6.10. The average molecular weight is 352 g/mol. The monoisotopic (exact) mass is 352 g/mol. The van der Waals surface area contributed by atoms with E-state index < -0.39 is 0 Å². The highest BCUT2D eigenvalue weighted by atomic mass is 16.5. The van der Waals surface area contributed by atoms with Gasteiger partial charge in [0.15, 0.2) is 0 Å². The topological polar surface area (TPSA) is 41.6 Å². The quantitative estimate of drug-likeness (QED) is 0.863. The molecular formula is C22H28N2O2. The molecule has 1 saturated heterocycles. The Bertz CT molecular complexity index is 727. The average Bonchev–Trinajstić information content (AvgIpc) is 2.66. The second kappa shape index (κ2) is 8.86. The van der Waals surface area contributed by atoms with Crippen LogP contribution in [-0.4, -0.2) is 37.6 Å². The Morgan fingerprint density at radius 2 is 1.96 bits per heavy atom. The summed E-state index contributed by atoms with van der Waals surface area (Å²) in [5.74, 6) is 1.38. The number of nitrogens with one attached hydrogen (secondary N) is 1. The number of para-hydroxylation sites is 1. The normalized spacial score (nSPS) is 17.7. The van der Waals surface area contributed by atoms with Crippen LogP contribution in [0.3, 0.4) is 0 Å². The number of hydrogen-bond acceptors (Lipinski definition) is 3. The van der Waals surface area contributed by atoms with Crippen LogP contribution >= 0.6 is 0 Å². The molecule has 0 radical (unpaired) electrons. The third kappa shape index (κ3) is 5.09. The van der Waals surface area contributed by atoms with Crippen LogP contribution < -0.4 is 10.1 Å². The van der Waals surface area contributed by atoms with Crippen LogP contribution in [0.2, 0.25) is 0 Å². The van der Waals surface area contributed by atoms with Crippen molar-refractivity contribution in [3.63, 3.8) is 0 Å². The van der Waals surface area contributed by atoms with Crippen LogP contribution in [0.5, 0.6) is 5.75 Å². The van der Waals surface area contributed by atoms with Crippen LogP contribution in [0.4, 0.5) is 0 Å². The van der Waals surface area contributed by atoms with E-state index in [-0.39, 0.29) is 5.91 Å². The summed E-state index contributed by atoms with van der Waals surface area (Å²) in [5.41, 5.74) is 2.84. The number of carbonyl (C=O) groups excluding carboxylic acids is 1. The van der Waals surface area contributed by atoms with Crippen LogP contribution in [0.25, 0.3) is 0 Å². The molecule has 1 heterocycles. The summed E-state index contributed by atoms with van der Waals surface area (Å²) in [6.45, 7) is 5.48. The number of aryl methyl sites for hydroxylation is 1. The van der Waals surface area contributed by atoms with Crippen molar-refractivity contribution in [3.8, 4) is 5.75 Å². The molecule has 1 amide bonds. The molecule has 1 fully saturated rings. The molecular weight excluding hydrogens is 324 g/mol. The Balaban J connectivity index is 1.56. The van der Waals surface area contributed by atoms with Crippen LogP contribution in [0.15, 0.2) is 48.5 Å². The standard InChI is InChI=1S/C22H28N2O2/c1-17-9-11-19(12-10-17)22(25)23-14-20-7-3-4-8-21(20)26-16-18-6-5-13-24(2)15-18/h3-4,7-12,18H,5-6,13-16H2,1-2H3,(H,23,25). The number of carbonyl (C=O) groups is 1. The minimum absolute atomic E-state index is 0.0614. The molecule has 1 unspecified atom stereocenters. The molecule has 0 aromatic heterocycles. The van der Waals surface area contributed by atoms with E-state index in [1.165, 1.54) is 19.4 Å². The second-order valence-electron chi connectivity index (χ2n) is 7.24. The van der Waals surface area contributed by atoms with Gasteiger partial charge in [0.1, 0.15) is 5.75 Å². The smallest absolute Gasteiger partial charge is 0.251 e. The molecule has 0 spiro atoms. The Hall–Kier alpha value is -2.33. The Labute approximate surface area is 156 Å². The number of hydrogen-bond donors (Lipinski definition) is 1. The molecule has 0 bridgehead atoms. The van der Waals surface area contributed by atoms with E-state index in [1.54, 1.807) is 0 Å². The minimum atomic E-state index is -0.0614. The van der Waals surface area contributed by atoms with Gasteiger partial charge in [0.25, 0.3) is 5.91 Å². The largest absolute Gasteiger partial charge is 0.493 e. The lowest BCUT2D eigenvalue weighted by Crippen LogP contribution is -2.34. The van der Waals surface area contributed by atoms with Crippen molar-refractivity contribution in [3.05, 3.63) is 65.2 Å². The molecule has 26 heavy (non-hydrogen) atoms. The van der Waals surface area contributed by atoms with E-state index in [1.807, 2.05) is 55.5 Å². The molecule has 138 valence electrons. The van der Waals surface area contributed by atoms with E-state index in [9.17, 15) is 4.79 Å². The van der Waals surface area contributed by atoms with Crippen molar-refractivity contribution in [2.75, 3.05) is 26.7 Å². The third-order valence-electron chi connectivity index (χ3n) is 4.92.